The molecule has 0 spiro atoms. The zero-order chi connectivity index (χ0) is 21.5. The van der Waals surface area contributed by atoms with E-state index in [1.165, 1.54) is 19.3 Å². The predicted molar refractivity (Wildman–Crippen MR) is 118 cm³/mol. The SMILES string of the molecule is C=Cc1ccc(COC(=O)CCCCCCCCCCCOP2(=O)OCCO2)cc1. The molecule has 1 heterocycles. The van der Waals surface area contributed by atoms with E-state index in [9.17, 15) is 9.36 Å². The minimum absolute atomic E-state index is 0.124. The number of ether oxygens (including phenoxy) is 1. The second kappa shape index (κ2) is 14.5. The second-order valence-corrected chi connectivity index (χ2v) is 9.15. The van der Waals surface area contributed by atoms with Crippen molar-refractivity contribution in [3.63, 3.8) is 0 Å². The fourth-order valence-corrected chi connectivity index (χ4v) is 4.35. The molecule has 6 nitrogen and oxygen atoms in total. The van der Waals surface area contributed by atoms with E-state index in [0.29, 0.717) is 32.8 Å². The lowest BCUT2D eigenvalue weighted by atomic mass is 10.1. The monoisotopic (exact) mass is 438 g/mol. The van der Waals surface area contributed by atoms with Gasteiger partial charge in [0, 0.05) is 6.42 Å². The van der Waals surface area contributed by atoms with Crippen LogP contribution in [0.3, 0.4) is 0 Å². The van der Waals surface area contributed by atoms with Crippen molar-refractivity contribution in [3.8, 4) is 0 Å². The Morgan fingerprint density at radius 3 is 2.10 bits per heavy atom. The van der Waals surface area contributed by atoms with Gasteiger partial charge in [0.05, 0.1) is 19.8 Å². The summed E-state index contributed by atoms with van der Waals surface area (Å²) in [5, 5.41) is 0. The molecule has 0 aromatic heterocycles. The van der Waals surface area contributed by atoms with E-state index in [1.807, 2.05) is 24.3 Å². The standard InChI is InChI=1S/C23H35O6P/c1-2-21-13-15-22(16-14-21)20-26-23(24)12-10-8-6-4-3-5-7-9-11-17-27-30(25)28-18-19-29-30/h2,13-16H,1,3-12,17-20H2. The summed E-state index contributed by atoms with van der Waals surface area (Å²) in [7, 11) is -3.21. The first-order chi connectivity index (χ1) is 14.6. The molecule has 0 saturated carbocycles. The van der Waals surface area contributed by atoms with Crippen LogP contribution in [0.2, 0.25) is 0 Å². The number of esters is 1. The van der Waals surface area contributed by atoms with Crippen molar-refractivity contribution in [1.82, 2.24) is 0 Å². The second-order valence-electron chi connectivity index (χ2n) is 7.49. The summed E-state index contributed by atoms with van der Waals surface area (Å²) in [6.07, 6.45) is 12.0. The maximum absolute atomic E-state index is 11.8. The highest BCUT2D eigenvalue weighted by Gasteiger charge is 2.31. The molecule has 1 fully saturated rings. The predicted octanol–water partition coefficient (Wildman–Crippen LogP) is 6.45. The fourth-order valence-electron chi connectivity index (χ4n) is 3.18. The largest absolute Gasteiger partial charge is 0.474 e. The first-order valence-corrected chi connectivity index (χ1v) is 12.5. The Balaban J connectivity index is 1.34. The van der Waals surface area contributed by atoms with Crippen molar-refractivity contribution in [1.29, 1.82) is 0 Å². The van der Waals surface area contributed by atoms with Gasteiger partial charge in [-0.15, -0.1) is 0 Å². The van der Waals surface area contributed by atoms with Gasteiger partial charge in [0.2, 0.25) is 0 Å². The first-order valence-electron chi connectivity index (χ1n) is 11.0. The van der Waals surface area contributed by atoms with Gasteiger partial charge >= 0.3 is 13.8 Å². The summed E-state index contributed by atoms with van der Waals surface area (Å²) in [4.78, 5) is 11.8. The molecule has 0 aliphatic carbocycles. The number of hydrogen-bond donors (Lipinski definition) is 0. The molecule has 2 rings (SSSR count). The van der Waals surface area contributed by atoms with Crippen molar-refractivity contribution in [2.24, 2.45) is 0 Å². The summed E-state index contributed by atoms with van der Waals surface area (Å²) < 4.78 is 32.2. The van der Waals surface area contributed by atoms with Crippen LogP contribution in [0.1, 0.15) is 75.3 Å². The molecular weight excluding hydrogens is 403 g/mol. The van der Waals surface area contributed by atoms with Crippen molar-refractivity contribution in [3.05, 3.63) is 42.0 Å². The third-order valence-electron chi connectivity index (χ3n) is 4.97. The zero-order valence-corrected chi connectivity index (χ0v) is 18.8. The van der Waals surface area contributed by atoms with Crippen molar-refractivity contribution in [2.75, 3.05) is 19.8 Å². The van der Waals surface area contributed by atoms with Crippen LogP contribution in [0.15, 0.2) is 30.8 Å². The van der Waals surface area contributed by atoms with Crippen LogP contribution in [0.5, 0.6) is 0 Å². The number of rotatable bonds is 16. The molecule has 0 bridgehead atoms. The van der Waals surface area contributed by atoms with Gasteiger partial charge in [-0.05, 0) is 24.0 Å². The van der Waals surface area contributed by atoms with E-state index in [2.05, 4.69) is 6.58 Å². The van der Waals surface area contributed by atoms with Gasteiger partial charge in [0.15, 0.2) is 0 Å². The van der Waals surface area contributed by atoms with Gasteiger partial charge in [-0.3, -0.25) is 18.4 Å². The van der Waals surface area contributed by atoms with Crippen LogP contribution < -0.4 is 0 Å². The lowest BCUT2D eigenvalue weighted by Gasteiger charge is -2.09. The molecule has 1 aromatic rings. The van der Waals surface area contributed by atoms with Crippen LogP contribution in [0.4, 0.5) is 0 Å². The molecular formula is C23H35O6P. The molecule has 0 unspecified atom stereocenters. The molecule has 0 atom stereocenters. The number of carbonyl (C=O) groups excluding carboxylic acids is 1. The maximum Gasteiger partial charge on any atom is 0.474 e. The Kier molecular flexibility index (Phi) is 12.0. The average Bonchev–Trinajstić information content (AvgIpc) is 3.20. The van der Waals surface area contributed by atoms with Gasteiger partial charge in [-0.25, -0.2) is 4.57 Å². The molecule has 1 aromatic carbocycles. The quantitative estimate of drug-likeness (QED) is 0.168. The molecule has 1 aliphatic rings. The summed E-state index contributed by atoms with van der Waals surface area (Å²) in [6.45, 7) is 5.18. The average molecular weight is 439 g/mol. The fraction of sp³-hybridized carbons (Fsp3) is 0.609. The highest BCUT2D eigenvalue weighted by atomic mass is 31.2. The van der Waals surface area contributed by atoms with Crippen LogP contribution in [-0.4, -0.2) is 25.8 Å². The van der Waals surface area contributed by atoms with Crippen molar-refractivity contribution < 1.29 is 27.7 Å². The molecule has 1 saturated heterocycles. The zero-order valence-electron chi connectivity index (χ0n) is 17.9. The van der Waals surface area contributed by atoms with E-state index in [1.54, 1.807) is 6.08 Å². The van der Waals surface area contributed by atoms with Gasteiger partial charge in [-0.1, -0.05) is 81.9 Å². The third-order valence-corrected chi connectivity index (χ3v) is 6.47. The van der Waals surface area contributed by atoms with Gasteiger partial charge in [0.25, 0.3) is 0 Å². The molecule has 168 valence electrons. The summed E-state index contributed by atoms with van der Waals surface area (Å²) in [5.74, 6) is -0.124. The highest BCUT2D eigenvalue weighted by Crippen LogP contribution is 2.52. The number of unbranched alkanes of at least 4 members (excludes halogenated alkanes) is 8. The van der Waals surface area contributed by atoms with E-state index in [-0.39, 0.29) is 5.97 Å². The van der Waals surface area contributed by atoms with Crippen LogP contribution >= 0.6 is 7.82 Å². The highest BCUT2D eigenvalue weighted by molar-refractivity contribution is 7.48. The Morgan fingerprint density at radius 1 is 0.933 bits per heavy atom. The maximum atomic E-state index is 11.8. The van der Waals surface area contributed by atoms with Gasteiger partial charge in [-0.2, -0.15) is 0 Å². The minimum atomic E-state index is -3.21. The number of hydrogen-bond acceptors (Lipinski definition) is 6. The van der Waals surface area contributed by atoms with Gasteiger partial charge < -0.3 is 4.74 Å². The Hall–Kier alpha value is -1.46. The summed E-state index contributed by atoms with van der Waals surface area (Å²) >= 11 is 0. The number of phosphoric ester groups is 1. The number of phosphoric acid groups is 1. The smallest absolute Gasteiger partial charge is 0.461 e. The van der Waals surface area contributed by atoms with Crippen LogP contribution in [-0.2, 0) is 34.3 Å². The molecule has 0 radical (unpaired) electrons. The lowest BCUT2D eigenvalue weighted by Crippen LogP contribution is -2.04. The Bertz CT molecular complexity index is 663. The van der Waals surface area contributed by atoms with Crippen molar-refractivity contribution >= 4 is 19.9 Å². The molecule has 30 heavy (non-hydrogen) atoms. The van der Waals surface area contributed by atoms with Crippen LogP contribution in [0, 0.1) is 0 Å². The normalized spacial score (nSPS) is 15.2. The number of carbonyl (C=O) groups is 1. The Labute approximate surface area is 180 Å². The minimum Gasteiger partial charge on any atom is -0.461 e. The number of benzene rings is 1. The lowest BCUT2D eigenvalue weighted by molar-refractivity contribution is -0.145. The van der Waals surface area contributed by atoms with E-state index in [4.69, 9.17) is 18.3 Å². The molecule has 0 amide bonds. The third kappa shape index (κ3) is 10.5. The van der Waals surface area contributed by atoms with Gasteiger partial charge in [0.1, 0.15) is 6.61 Å². The molecule has 0 N–H and O–H groups in total. The Morgan fingerprint density at radius 2 is 1.50 bits per heavy atom. The summed E-state index contributed by atoms with van der Waals surface area (Å²) in [6, 6.07) is 7.84. The van der Waals surface area contributed by atoms with Crippen LogP contribution in [0.25, 0.3) is 6.08 Å². The van der Waals surface area contributed by atoms with E-state index in [0.717, 1.165) is 49.7 Å². The summed E-state index contributed by atoms with van der Waals surface area (Å²) in [5.41, 5.74) is 2.05. The van der Waals surface area contributed by atoms with E-state index < -0.39 is 7.82 Å². The topological polar surface area (TPSA) is 71.1 Å². The van der Waals surface area contributed by atoms with Crippen molar-refractivity contribution in [2.45, 2.75) is 70.8 Å². The van der Waals surface area contributed by atoms with E-state index >= 15 is 0 Å². The molecule has 7 heteroatoms. The molecule has 1 aliphatic heterocycles. The first kappa shape index (κ1) is 24.8.